The number of aryl methyl sites for hydroxylation is 1. The Morgan fingerprint density at radius 1 is 1.04 bits per heavy atom. The maximum Gasteiger partial charge on any atom is 0.125 e. The highest BCUT2D eigenvalue weighted by atomic mass is 15.3. The zero-order valence-corrected chi connectivity index (χ0v) is 13.8. The summed E-state index contributed by atoms with van der Waals surface area (Å²) in [5.74, 6) is 0.838. The Morgan fingerprint density at radius 2 is 1.92 bits per heavy atom. The Kier molecular flexibility index (Phi) is 4.04. The van der Waals surface area contributed by atoms with Gasteiger partial charge >= 0.3 is 0 Å². The number of nitrogens with zero attached hydrogens (tertiary/aromatic N) is 6. The number of hydrogen-bond donors (Lipinski definition) is 0. The molecule has 2 aromatic heterocycles. The molecule has 24 heavy (non-hydrogen) atoms. The molecule has 1 aliphatic heterocycles. The molecule has 6 heteroatoms. The zero-order chi connectivity index (χ0) is 16.4. The van der Waals surface area contributed by atoms with Crippen molar-refractivity contribution in [1.82, 2.24) is 24.8 Å². The van der Waals surface area contributed by atoms with Gasteiger partial charge in [0.05, 0.1) is 11.2 Å². The zero-order valence-electron chi connectivity index (χ0n) is 13.8. The molecule has 1 aromatic carbocycles. The topological polar surface area (TPSA) is 58.0 Å². The number of aromatic nitrogens is 4. The first kappa shape index (κ1) is 15.0. The first-order valence-electron chi connectivity index (χ1n) is 8.23. The fourth-order valence-corrected chi connectivity index (χ4v) is 3.16. The standard InChI is InChI=1S/C18H20N6/c1-14-20-5-4-16(22-14)12-23-6-8-24(9-7-23)17-2-3-18-15(10-17)11-19-13-21-18/h2-5,10-11,13H,6-9,12H2,1H3. The summed E-state index contributed by atoms with van der Waals surface area (Å²) >= 11 is 0. The highest BCUT2D eigenvalue weighted by Gasteiger charge is 2.18. The van der Waals surface area contributed by atoms with Gasteiger partial charge in [0.25, 0.3) is 0 Å². The fraction of sp³-hybridized carbons (Fsp3) is 0.333. The molecule has 0 aliphatic carbocycles. The Bertz CT molecular complexity index is 842. The number of piperazine rings is 1. The van der Waals surface area contributed by atoms with Crippen LogP contribution in [0.2, 0.25) is 0 Å². The lowest BCUT2D eigenvalue weighted by molar-refractivity contribution is 0.247. The molecule has 0 amide bonds. The molecule has 0 radical (unpaired) electrons. The van der Waals surface area contributed by atoms with Crippen LogP contribution >= 0.6 is 0 Å². The van der Waals surface area contributed by atoms with E-state index in [1.54, 1.807) is 6.33 Å². The summed E-state index contributed by atoms with van der Waals surface area (Å²) in [6, 6.07) is 8.41. The largest absolute Gasteiger partial charge is 0.369 e. The molecule has 122 valence electrons. The SMILES string of the molecule is Cc1nccc(CN2CCN(c3ccc4ncncc4c3)CC2)n1. The van der Waals surface area contributed by atoms with Crippen LogP contribution < -0.4 is 4.90 Å². The first-order chi connectivity index (χ1) is 11.8. The third-order valence-corrected chi connectivity index (χ3v) is 4.44. The van der Waals surface area contributed by atoms with Crippen LogP contribution in [0.15, 0.2) is 43.0 Å². The number of fused-ring (bicyclic) bond motifs is 1. The second-order valence-electron chi connectivity index (χ2n) is 6.12. The van der Waals surface area contributed by atoms with Crippen molar-refractivity contribution < 1.29 is 0 Å². The van der Waals surface area contributed by atoms with Crippen LogP contribution in [-0.4, -0.2) is 51.0 Å². The molecule has 1 fully saturated rings. The van der Waals surface area contributed by atoms with E-state index in [0.717, 1.165) is 55.1 Å². The van der Waals surface area contributed by atoms with Crippen LogP contribution in [-0.2, 0) is 6.54 Å². The fourth-order valence-electron chi connectivity index (χ4n) is 3.16. The van der Waals surface area contributed by atoms with Crippen molar-refractivity contribution in [2.45, 2.75) is 13.5 Å². The predicted molar refractivity (Wildman–Crippen MR) is 93.8 cm³/mol. The van der Waals surface area contributed by atoms with Gasteiger partial charge in [-0.3, -0.25) is 4.90 Å². The summed E-state index contributed by atoms with van der Waals surface area (Å²) in [4.78, 5) is 21.9. The molecule has 0 bridgehead atoms. The van der Waals surface area contributed by atoms with Gasteiger partial charge in [0.1, 0.15) is 12.2 Å². The number of benzene rings is 1. The maximum atomic E-state index is 4.50. The summed E-state index contributed by atoms with van der Waals surface area (Å²) < 4.78 is 0. The van der Waals surface area contributed by atoms with Crippen molar-refractivity contribution in [3.63, 3.8) is 0 Å². The van der Waals surface area contributed by atoms with E-state index in [1.807, 2.05) is 25.4 Å². The lowest BCUT2D eigenvalue weighted by atomic mass is 10.2. The minimum absolute atomic E-state index is 0.838. The third kappa shape index (κ3) is 3.19. The maximum absolute atomic E-state index is 4.50. The molecule has 3 aromatic rings. The Labute approximate surface area is 141 Å². The average Bonchev–Trinajstić information content (AvgIpc) is 2.62. The lowest BCUT2D eigenvalue weighted by Crippen LogP contribution is -2.46. The molecular weight excluding hydrogens is 300 g/mol. The van der Waals surface area contributed by atoms with E-state index in [2.05, 4.69) is 47.9 Å². The van der Waals surface area contributed by atoms with Crippen LogP contribution in [0.4, 0.5) is 5.69 Å². The van der Waals surface area contributed by atoms with Gasteiger partial charge in [-0.2, -0.15) is 0 Å². The highest BCUT2D eigenvalue weighted by molar-refractivity contribution is 5.81. The minimum atomic E-state index is 0.838. The number of anilines is 1. The Balaban J connectivity index is 1.41. The Morgan fingerprint density at radius 3 is 2.75 bits per heavy atom. The molecule has 0 atom stereocenters. The van der Waals surface area contributed by atoms with E-state index in [-0.39, 0.29) is 0 Å². The molecule has 0 N–H and O–H groups in total. The minimum Gasteiger partial charge on any atom is -0.369 e. The van der Waals surface area contributed by atoms with E-state index < -0.39 is 0 Å². The molecule has 0 saturated carbocycles. The quantitative estimate of drug-likeness (QED) is 0.736. The van der Waals surface area contributed by atoms with Gasteiger partial charge in [-0.1, -0.05) is 0 Å². The summed E-state index contributed by atoms with van der Waals surface area (Å²) in [5.41, 5.74) is 3.33. The molecule has 1 saturated heterocycles. The smallest absolute Gasteiger partial charge is 0.125 e. The molecule has 6 nitrogen and oxygen atoms in total. The van der Waals surface area contributed by atoms with Gasteiger partial charge in [0.2, 0.25) is 0 Å². The summed E-state index contributed by atoms with van der Waals surface area (Å²) in [5, 5.41) is 1.09. The van der Waals surface area contributed by atoms with Crippen LogP contribution in [0.3, 0.4) is 0 Å². The van der Waals surface area contributed by atoms with Crippen LogP contribution in [0.1, 0.15) is 11.5 Å². The summed E-state index contributed by atoms with van der Waals surface area (Å²) in [6.07, 6.45) is 5.31. The molecule has 0 unspecified atom stereocenters. The Hall–Kier alpha value is -2.60. The van der Waals surface area contributed by atoms with Gasteiger partial charge < -0.3 is 4.90 Å². The summed E-state index contributed by atoms with van der Waals surface area (Å²) in [7, 11) is 0. The van der Waals surface area contributed by atoms with Crippen molar-refractivity contribution >= 4 is 16.6 Å². The van der Waals surface area contributed by atoms with Gasteiger partial charge in [0.15, 0.2) is 0 Å². The normalized spacial score (nSPS) is 15.8. The van der Waals surface area contributed by atoms with Crippen LogP contribution in [0.5, 0.6) is 0 Å². The number of rotatable bonds is 3. The van der Waals surface area contributed by atoms with E-state index >= 15 is 0 Å². The lowest BCUT2D eigenvalue weighted by Gasteiger charge is -2.36. The van der Waals surface area contributed by atoms with Crippen molar-refractivity contribution in [3.05, 3.63) is 54.5 Å². The van der Waals surface area contributed by atoms with Crippen LogP contribution in [0.25, 0.3) is 10.9 Å². The molecular formula is C18H20N6. The third-order valence-electron chi connectivity index (χ3n) is 4.44. The second-order valence-corrected chi connectivity index (χ2v) is 6.12. The first-order valence-corrected chi connectivity index (χ1v) is 8.23. The predicted octanol–water partition coefficient (Wildman–Crippen LogP) is 2.05. The van der Waals surface area contributed by atoms with Crippen molar-refractivity contribution in [2.24, 2.45) is 0 Å². The van der Waals surface area contributed by atoms with Gasteiger partial charge in [-0.15, -0.1) is 0 Å². The van der Waals surface area contributed by atoms with E-state index in [0.29, 0.717) is 0 Å². The number of hydrogen-bond acceptors (Lipinski definition) is 6. The van der Waals surface area contributed by atoms with Crippen molar-refractivity contribution in [3.8, 4) is 0 Å². The van der Waals surface area contributed by atoms with E-state index in [4.69, 9.17) is 0 Å². The molecule has 0 spiro atoms. The molecule has 4 rings (SSSR count). The van der Waals surface area contributed by atoms with Gasteiger partial charge in [0, 0.05) is 56.2 Å². The van der Waals surface area contributed by atoms with E-state index in [9.17, 15) is 0 Å². The average molecular weight is 320 g/mol. The van der Waals surface area contributed by atoms with Crippen molar-refractivity contribution in [1.29, 1.82) is 0 Å². The van der Waals surface area contributed by atoms with E-state index in [1.165, 1.54) is 5.69 Å². The monoisotopic (exact) mass is 320 g/mol. The molecule has 1 aliphatic rings. The second kappa shape index (κ2) is 6.49. The van der Waals surface area contributed by atoms with Crippen molar-refractivity contribution in [2.75, 3.05) is 31.1 Å². The molecule has 3 heterocycles. The summed E-state index contributed by atoms with van der Waals surface area (Å²) in [6.45, 7) is 6.93. The van der Waals surface area contributed by atoms with Gasteiger partial charge in [-0.05, 0) is 31.2 Å². The highest BCUT2D eigenvalue weighted by Crippen LogP contribution is 2.21. The van der Waals surface area contributed by atoms with Gasteiger partial charge in [-0.25, -0.2) is 19.9 Å². The van der Waals surface area contributed by atoms with Crippen LogP contribution in [0, 0.1) is 6.92 Å².